The van der Waals surface area contributed by atoms with Gasteiger partial charge in [-0.1, -0.05) is 35.0 Å². The lowest BCUT2D eigenvalue weighted by atomic mass is 10.2. The Morgan fingerprint density at radius 3 is 2.52 bits per heavy atom. The Morgan fingerprint density at radius 2 is 1.86 bits per heavy atom. The van der Waals surface area contributed by atoms with Crippen molar-refractivity contribution in [3.05, 3.63) is 63.9 Å². The van der Waals surface area contributed by atoms with E-state index in [2.05, 4.69) is 52.4 Å². The van der Waals surface area contributed by atoms with Crippen molar-refractivity contribution in [2.24, 2.45) is 0 Å². The molecule has 2 aromatic carbocycles. The minimum Gasteiger partial charge on any atom is -0.313 e. The molecule has 0 unspecified atom stereocenters. The van der Waals surface area contributed by atoms with Crippen LogP contribution in [0.2, 0.25) is 0 Å². The molecule has 0 amide bonds. The summed E-state index contributed by atoms with van der Waals surface area (Å²) in [6.07, 6.45) is 1.15. The van der Waals surface area contributed by atoms with Gasteiger partial charge >= 0.3 is 0 Å². The number of thioether (sulfide) groups is 1. The Bertz CT molecular complexity index is 551. The summed E-state index contributed by atoms with van der Waals surface area (Å²) >= 11 is 5.04. The summed E-state index contributed by atoms with van der Waals surface area (Å²) in [5.74, 6) is 0.571. The zero-order chi connectivity index (χ0) is 15.1. The van der Waals surface area contributed by atoms with Gasteiger partial charge in [-0.25, -0.2) is 4.39 Å². The normalized spacial score (nSPS) is 10.8. The Kier molecular flexibility index (Phi) is 6.74. The Labute approximate surface area is 138 Å². The summed E-state index contributed by atoms with van der Waals surface area (Å²) < 4.78 is 14.1. The van der Waals surface area contributed by atoms with Crippen LogP contribution in [0.25, 0.3) is 0 Å². The minimum absolute atomic E-state index is 0.197. The van der Waals surface area contributed by atoms with Crippen molar-refractivity contribution in [1.29, 1.82) is 0 Å². The van der Waals surface area contributed by atoms with Crippen molar-refractivity contribution >= 4 is 27.7 Å². The van der Waals surface area contributed by atoms with E-state index in [0.29, 0.717) is 0 Å². The molecule has 0 fully saturated rings. The van der Waals surface area contributed by atoms with Gasteiger partial charge in [0.1, 0.15) is 5.82 Å². The molecule has 4 heteroatoms. The van der Waals surface area contributed by atoms with E-state index in [-0.39, 0.29) is 5.82 Å². The predicted octanol–water partition coefficient (Wildman–Crippen LogP) is 5.38. The maximum absolute atomic E-state index is 13.3. The van der Waals surface area contributed by atoms with Crippen molar-refractivity contribution in [2.75, 3.05) is 6.54 Å². The van der Waals surface area contributed by atoms with Gasteiger partial charge in [-0.2, -0.15) is 0 Å². The number of nitrogens with one attached hydrogen (secondary N) is 1. The molecule has 0 aliphatic heterocycles. The smallest absolute Gasteiger partial charge is 0.124 e. The Morgan fingerprint density at radius 1 is 1.10 bits per heavy atom. The molecule has 0 spiro atoms. The molecular weight excluding hydrogens is 349 g/mol. The Hall–Kier alpha value is -0.840. The molecule has 0 radical (unpaired) electrons. The number of halogens is 2. The fraction of sp³-hybridized carbons (Fsp3) is 0.294. The van der Waals surface area contributed by atoms with Crippen molar-refractivity contribution in [3.63, 3.8) is 0 Å². The van der Waals surface area contributed by atoms with Gasteiger partial charge in [0.05, 0.1) is 0 Å². The fourth-order valence-corrected chi connectivity index (χ4v) is 3.32. The molecule has 1 N–H and O–H groups in total. The quantitative estimate of drug-likeness (QED) is 0.520. The predicted molar refractivity (Wildman–Crippen MR) is 92.1 cm³/mol. The summed E-state index contributed by atoms with van der Waals surface area (Å²) in [7, 11) is 0. The molecule has 1 nitrogen and oxygen atoms in total. The zero-order valence-corrected chi connectivity index (χ0v) is 14.4. The van der Waals surface area contributed by atoms with E-state index in [0.717, 1.165) is 35.3 Å². The molecule has 0 aromatic heterocycles. The molecule has 2 rings (SSSR count). The first-order chi connectivity index (χ1) is 10.2. The van der Waals surface area contributed by atoms with E-state index in [1.165, 1.54) is 16.5 Å². The SMILES string of the molecule is CCCNCc1ccc(SCc2cc(F)cc(Br)c2)cc1. The average Bonchev–Trinajstić information content (AvgIpc) is 2.46. The lowest BCUT2D eigenvalue weighted by Gasteiger charge is -2.06. The average molecular weight is 368 g/mol. The van der Waals surface area contributed by atoms with E-state index in [1.807, 2.05) is 6.07 Å². The second-order valence-corrected chi connectivity index (χ2v) is 6.85. The van der Waals surface area contributed by atoms with Crippen LogP contribution in [-0.2, 0) is 12.3 Å². The van der Waals surface area contributed by atoms with Crippen LogP contribution in [0.15, 0.2) is 51.8 Å². The summed E-state index contributed by atoms with van der Waals surface area (Å²) in [4.78, 5) is 1.20. The number of benzene rings is 2. The maximum Gasteiger partial charge on any atom is 0.124 e. The molecule has 2 aromatic rings. The second-order valence-electron chi connectivity index (χ2n) is 4.89. The highest BCUT2D eigenvalue weighted by molar-refractivity contribution is 9.10. The van der Waals surface area contributed by atoms with Gasteiger partial charge in [0.2, 0.25) is 0 Å². The van der Waals surface area contributed by atoms with Crippen LogP contribution in [-0.4, -0.2) is 6.54 Å². The highest BCUT2D eigenvalue weighted by atomic mass is 79.9. The zero-order valence-electron chi connectivity index (χ0n) is 12.0. The van der Waals surface area contributed by atoms with Crippen LogP contribution >= 0.6 is 27.7 Å². The summed E-state index contributed by atoms with van der Waals surface area (Å²) in [5.41, 5.74) is 2.28. The van der Waals surface area contributed by atoms with Gasteiger partial charge in [0.25, 0.3) is 0 Å². The van der Waals surface area contributed by atoms with Crippen LogP contribution in [0.4, 0.5) is 4.39 Å². The van der Waals surface area contributed by atoms with E-state index in [4.69, 9.17) is 0 Å². The molecular formula is C17H19BrFNS. The number of hydrogen-bond donors (Lipinski definition) is 1. The number of rotatable bonds is 7. The van der Waals surface area contributed by atoms with E-state index in [9.17, 15) is 4.39 Å². The van der Waals surface area contributed by atoms with Crippen LogP contribution in [0.5, 0.6) is 0 Å². The molecule has 0 saturated carbocycles. The van der Waals surface area contributed by atoms with Crippen LogP contribution in [0.1, 0.15) is 24.5 Å². The van der Waals surface area contributed by atoms with Crippen molar-refractivity contribution < 1.29 is 4.39 Å². The van der Waals surface area contributed by atoms with Crippen LogP contribution < -0.4 is 5.32 Å². The largest absolute Gasteiger partial charge is 0.313 e. The third kappa shape index (κ3) is 5.81. The standard InChI is InChI=1S/C17H19BrFNS/c1-2-7-20-11-13-3-5-17(6-4-13)21-12-14-8-15(18)10-16(19)9-14/h3-6,8-10,20H,2,7,11-12H2,1H3. The van der Waals surface area contributed by atoms with E-state index >= 15 is 0 Å². The molecule has 112 valence electrons. The third-order valence-corrected chi connectivity index (χ3v) is 4.55. The van der Waals surface area contributed by atoms with Crippen molar-refractivity contribution in [3.8, 4) is 0 Å². The van der Waals surface area contributed by atoms with Crippen molar-refractivity contribution in [1.82, 2.24) is 5.32 Å². The summed E-state index contributed by atoms with van der Waals surface area (Å²) in [6, 6.07) is 13.6. The highest BCUT2D eigenvalue weighted by Gasteiger charge is 2.01. The van der Waals surface area contributed by atoms with Gasteiger partial charge in [-0.15, -0.1) is 11.8 Å². The van der Waals surface area contributed by atoms with Crippen molar-refractivity contribution in [2.45, 2.75) is 30.5 Å². The van der Waals surface area contributed by atoms with E-state index < -0.39 is 0 Å². The monoisotopic (exact) mass is 367 g/mol. The van der Waals surface area contributed by atoms with Gasteiger partial charge in [0.15, 0.2) is 0 Å². The van der Waals surface area contributed by atoms with E-state index in [1.54, 1.807) is 17.8 Å². The fourth-order valence-electron chi connectivity index (χ4n) is 1.97. The first kappa shape index (κ1) is 16.5. The van der Waals surface area contributed by atoms with Crippen LogP contribution in [0.3, 0.4) is 0 Å². The molecule has 0 aliphatic carbocycles. The van der Waals surface area contributed by atoms with Gasteiger partial charge in [0, 0.05) is 21.7 Å². The molecule has 0 aliphatic rings. The Balaban J connectivity index is 1.88. The topological polar surface area (TPSA) is 12.0 Å². The lowest BCUT2D eigenvalue weighted by molar-refractivity contribution is 0.625. The molecule has 0 bridgehead atoms. The molecule has 0 heterocycles. The second kappa shape index (κ2) is 8.57. The first-order valence-corrected chi connectivity index (χ1v) is 8.82. The third-order valence-electron chi connectivity index (χ3n) is 3.01. The maximum atomic E-state index is 13.3. The lowest BCUT2D eigenvalue weighted by Crippen LogP contribution is -2.13. The van der Waals surface area contributed by atoms with Gasteiger partial charge in [-0.05, 0) is 54.4 Å². The van der Waals surface area contributed by atoms with Crippen LogP contribution in [0, 0.1) is 5.82 Å². The number of hydrogen-bond acceptors (Lipinski definition) is 2. The summed E-state index contributed by atoms with van der Waals surface area (Å²) in [6.45, 7) is 4.12. The minimum atomic E-state index is -0.197. The van der Waals surface area contributed by atoms with Gasteiger partial charge in [-0.3, -0.25) is 0 Å². The molecule has 0 atom stereocenters. The molecule has 21 heavy (non-hydrogen) atoms. The highest BCUT2D eigenvalue weighted by Crippen LogP contribution is 2.25. The first-order valence-electron chi connectivity index (χ1n) is 7.05. The van der Waals surface area contributed by atoms with Gasteiger partial charge < -0.3 is 5.32 Å². The summed E-state index contributed by atoms with van der Waals surface area (Å²) in [5, 5.41) is 3.39. The molecule has 0 saturated heterocycles.